The quantitative estimate of drug-likeness (QED) is 0.890. The lowest BCUT2D eigenvalue weighted by molar-refractivity contribution is -0.153. The van der Waals surface area contributed by atoms with Crippen molar-refractivity contribution in [2.75, 3.05) is 26.2 Å². The molecular formula is C10H16ClF3N4. The van der Waals surface area contributed by atoms with Crippen molar-refractivity contribution in [1.82, 2.24) is 19.8 Å². The van der Waals surface area contributed by atoms with E-state index in [4.69, 9.17) is 0 Å². The fourth-order valence-corrected chi connectivity index (χ4v) is 2.12. The van der Waals surface area contributed by atoms with Gasteiger partial charge in [-0.1, -0.05) is 0 Å². The van der Waals surface area contributed by atoms with Crippen LogP contribution in [0.4, 0.5) is 13.2 Å². The number of piperazine rings is 1. The molecule has 1 fully saturated rings. The zero-order chi connectivity index (χ0) is 12.5. The van der Waals surface area contributed by atoms with Crippen molar-refractivity contribution in [3.05, 3.63) is 18.2 Å². The Kier molecular flexibility index (Phi) is 5.01. The van der Waals surface area contributed by atoms with Crippen LogP contribution in [0.1, 0.15) is 11.9 Å². The molecular weight excluding hydrogens is 269 g/mol. The molecule has 0 amide bonds. The molecule has 0 bridgehead atoms. The molecule has 1 atom stereocenters. The number of halogens is 4. The molecule has 0 radical (unpaired) electrons. The Morgan fingerprint density at radius 3 is 2.78 bits per heavy atom. The molecule has 0 aromatic carbocycles. The first-order valence-electron chi connectivity index (χ1n) is 5.46. The van der Waals surface area contributed by atoms with Crippen LogP contribution in [0.25, 0.3) is 0 Å². The second-order valence-electron chi connectivity index (χ2n) is 4.20. The van der Waals surface area contributed by atoms with E-state index in [9.17, 15) is 13.2 Å². The lowest BCUT2D eigenvalue weighted by Gasteiger charge is -2.35. The van der Waals surface area contributed by atoms with Gasteiger partial charge in [0.25, 0.3) is 0 Å². The largest absolute Gasteiger partial charge is 0.401 e. The Morgan fingerprint density at radius 1 is 1.50 bits per heavy atom. The first-order chi connectivity index (χ1) is 7.97. The maximum atomic E-state index is 12.5. The Balaban J connectivity index is 0.00000162. The minimum atomic E-state index is -4.17. The number of aromatic nitrogens is 2. The maximum Gasteiger partial charge on any atom is 0.401 e. The molecule has 1 aliphatic heterocycles. The highest BCUT2D eigenvalue weighted by Crippen LogP contribution is 2.25. The molecule has 1 N–H and O–H groups in total. The van der Waals surface area contributed by atoms with Crippen molar-refractivity contribution in [2.24, 2.45) is 7.05 Å². The third-order valence-corrected chi connectivity index (χ3v) is 2.89. The van der Waals surface area contributed by atoms with Crippen molar-refractivity contribution in [1.29, 1.82) is 0 Å². The van der Waals surface area contributed by atoms with E-state index >= 15 is 0 Å². The molecule has 8 heteroatoms. The average Bonchev–Trinajstić information content (AvgIpc) is 2.63. The lowest BCUT2D eigenvalue weighted by Crippen LogP contribution is -2.49. The fourth-order valence-electron chi connectivity index (χ4n) is 2.12. The first kappa shape index (κ1) is 15.3. The van der Waals surface area contributed by atoms with Crippen molar-refractivity contribution in [3.63, 3.8) is 0 Å². The van der Waals surface area contributed by atoms with Gasteiger partial charge in [-0.3, -0.25) is 4.90 Å². The monoisotopic (exact) mass is 284 g/mol. The average molecular weight is 285 g/mol. The number of hydrogen-bond acceptors (Lipinski definition) is 3. The highest BCUT2D eigenvalue weighted by Gasteiger charge is 2.36. The van der Waals surface area contributed by atoms with E-state index in [0.717, 1.165) is 0 Å². The summed E-state index contributed by atoms with van der Waals surface area (Å²) in [5.41, 5.74) is 0. The van der Waals surface area contributed by atoms with Crippen LogP contribution in [-0.2, 0) is 7.05 Å². The minimum Gasteiger partial charge on any atom is -0.337 e. The molecule has 0 spiro atoms. The molecule has 18 heavy (non-hydrogen) atoms. The Labute approximate surface area is 110 Å². The number of hydrogen-bond donors (Lipinski definition) is 1. The summed E-state index contributed by atoms with van der Waals surface area (Å²) in [6.07, 6.45) is -0.813. The highest BCUT2D eigenvalue weighted by atomic mass is 35.5. The van der Waals surface area contributed by atoms with Crippen molar-refractivity contribution in [3.8, 4) is 0 Å². The van der Waals surface area contributed by atoms with Crippen molar-refractivity contribution in [2.45, 2.75) is 12.2 Å². The first-order valence-corrected chi connectivity index (χ1v) is 5.46. The second kappa shape index (κ2) is 5.90. The number of rotatable bonds is 2. The van der Waals surface area contributed by atoms with E-state index in [-0.39, 0.29) is 18.4 Å². The molecule has 104 valence electrons. The minimum absolute atomic E-state index is 0. The summed E-state index contributed by atoms with van der Waals surface area (Å²) in [5.74, 6) is 0.668. The van der Waals surface area contributed by atoms with Gasteiger partial charge >= 0.3 is 6.18 Å². The van der Waals surface area contributed by atoms with Gasteiger partial charge in [0.05, 0.1) is 12.6 Å². The van der Waals surface area contributed by atoms with Gasteiger partial charge < -0.3 is 9.88 Å². The van der Waals surface area contributed by atoms with E-state index in [2.05, 4.69) is 10.3 Å². The summed E-state index contributed by atoms with van der Waals surface area (Å²) in [5, 5.41) is 3.10. The van der Waals surface area contributed by atoms with Crippen molar-refractivity contribution < 1.29 is 13.2 Å². The zero-order valence-electron chi connectivity index (χ0n) is 9.94. The van der Waals surface area contributed by atoms with E-state index in [1.165, 1.54) is 4.90 Å². The zero-order valence-corrected chi connectivity index (χ0v) is 10.8. The summed E-state index contributed by atoms with van der Waals surface area (Å²) in [6, 6.07) is -0.314. The van der Waals surface area contributed by atoms with E-state index in [1.54, 1.807) is 24.0 Å². The highest BCUT2D eigenvalue weighted by molar-refractivity contribution is 5.85. The molecule has 2 heterocycles. The number of imidazole rings is 1. The maximum absolute atomic E-state index is 12.5. The number of aryl methyl sites for hydroxylation is 1. The summed E-state index contributed by atoms with van der Waals surface area (Å²) < 4.78 is 39.2. The molecule has 1 aliphatic rings. The molecule has 1 unspecified atom stereocenters. The van der Waals surface area contributed by atoms with Crippen molar-refractivity contribution >= 4 is 12.4 Å². The second-order valence-corrected chi connectivity index (χ2v) is 4.20. The van der Waals surface area contributed by atoms with Gasteiger partial charge in [-0.25, -0.2) is 4.98 Å². The Bertz CT molecular complexity index is 379. The molecule has 0 aliphatic carbocycles. The molecule has 0 saturated carbocycles. The molecule has 1 aromatic rings. The predicted molar refractivity (Wildman–Crippen MR) is 63.7 cm³/mol. The molecule has 1 aromatic heterocycles. The SMILES string of the molecule is Cl.Cn1ccnc1C1CNCCN1CC(F)(F)F. The van der Waals surface area contributed by atoms with Crippen LogP contribution in [0, 0.1) is 0 Å². The van der Waals surface area contributed by atoms with Gasteiger partial charge in [0.2, 0.25) is 0 Å². The standard InChI is InChI=1S/C10H15F3N4.ClH/c1-16-4-3-15-9(16)8-6-14-2-5-17(8)7-10(11,12)13;/h3-4,8,14H,2,5-7H2,1H3;1H. The van der Waals surface area contributed by atoms with Gasteiger partial charge in [-0.05, 0) is 0 Å². The van der Waals surface area contributed by atoms with Crippen LogP contribution < -0.4 is 5.32 Å². The number of nitrogens with one attached hydrogen (secondary N) is 1. The summed E-state index contributed by atoms with van der Waals surface area (Å²) >= 11 is 0. The van der Waals surface area contributed by atoms with E-state index < -0.39 is 12.7 Å². The summed E-state index contributed by atoms with van der Waals surface area (Å²) in [7, 11) is 1.79. The normalized spacial score (nSPS) is 21.7. The predicted octanol–water partition coefficient (Wildman–Crippen LogP) is 1.35. The Hall–Kier alpha value is -0.790. The van der Waals surface area contributed by atoms with E-state index in [1.807, 2.05) is 0 Å². The van der Waals surface area contributed by atoms with Crippen LogP contribution in [0.2, 0.25) is 0 Å². The van der Waals surface area contributed by atoms with Crippen LogP contribution in [-0.4, -0.2) is 46.8 Å². The number of nitrogens with zero attached hydrogens (tertiary/aromatic N) is 3. The van der Waals surface area contributed by atoms with Gasteiger partial charge in [-0.15, -0.1) is 12.4 Å². The van der Waals surface area contributed by atoms with Gasteiger partial charge in [-0.2, -0.15) is 13.2 Å². The number of alkyl halides is 3. The topological polar surface area (TPSA) is 33.1 Å². The van der Waals surface area contributed by atoms with Gasteiger partial charge in [0.1, 0.15) is 5.82 Å². The fraction of sp³-hybridized carbons (Fsp3) is 0.700. The van der Waals surface area contributed by atoms with Crippen LogP contribution in [0.15, 0.2) is 12.4 Å². The Morgan fingerprint density at radius 2 is 2.22 bits per heavy atom. The third kappa shape index (κ3) is 3.60. The smallest absolute Gasteiger partial charge is 0.337 e. The summed E-state index contributed by atoms with van der Waals surface area (Å²) in [6.45, 7) is 0.585. The van der Waals surface area contributed by atoms with Gasteiger partial charge in [0.15, 0.2) is 0 Å². The molecule has 2 rings (SSSR count). The van der Waals surface area contributed by atoms with Crippen LogP contribution in [0.5, 0.6) is 0 Å². The lowest BCUT2D eigenvalue weighted by atomic mass is 10.1. The molecule has 4 nitrogen and oxygen atoms in total. The third-order valence-electron chi connectivity index (χ3n) is 2.89. The summed E-state index contributed by atoms with van der Waals surface area (Å²) in [4.78, 5) is 5.56. The molecule has 1 saturated heterocycles. The van der Waals surface area contributed by atoms with Crippen LogP contribution >= 0.6 is 12.4 Å². The van der Waals surface area contributed by atoms with Crippen LogP contribution in [0.3, 0.4) is 0 Å². The van der Waals surface area contributed by atoms with E-state index in [0.29, 0.717) is 25.5 Å². The van der Waals surface area contributed by atoms with Gasteiger partial charge in [0, 0.05) is 39.1 Å².